The van der Waals surface area contributed by atoms with Gasteiger partial charge in [0.15, 0.2) is 10.8 Å². The average molecular weight is 473 g/mol. The Morgan fingerprint density at radius 2 is 2.26 bits per heavy atom. The van der Waals surface area contributed by atoms with Crippen molar-refractivity contribution in [3.05, 3.63) is 62.0 Å². The molecule has 0 amide bonds. The predicted molar refractivity (Wildman–Crippen MR) is 108 cm³/mol. The average Bonchev–Trinajstić information content (AvgIpc) is 3.09. The third-order valence-electron chi connectivity index (χ3n) is 3.85. The molecule has 9 heteroatoms. The van der Waals surface area contributed by atoms with Crippen LogP contribution in [0.5, 0.6) is 0 Å². The molecule has 1 aliphatic heterocycles. The van der Waals surface area contributed by atoms with Crippen LogP contribution < -0.4 is 5.32 Å². The number of esters is 1. The molecule has 0 saturated heterocycles. The number of carbonyl (C=O) groups excluding carboxylic acids is 1. The second kappa shape index (κ2) is 8.50. The zero-order valence-electron chi connectivity index (χ0n) is 14.6. The lowest BCUT2D eigenvalue weighted by atomic mass is 9.96. The van der Waals surface area contributed by atoms with Gasteiger partial charge in [0.1, 0.15) is 11.9 Å². The Morgan fingerprint density at radius 1 is 1.48 bits per heavy atom. The standard InChI is InChI=1S/C18H16BrClFN3O2S/c1-3-26-18(25)13-12(7-19)23-16(17-22-9(2)8-27-17)24-15(13)10-5-4-6-11(21)14(10)20/h4-6,8,15H,3,7H2,1-2H3,(H,23,24)/t15-/m0/s1. The number of hydrogen-bond donors (Lipinski definition) is 1. The second-order valence-corrected chi connectivity index (χ2v) is 7.49. The van der Waals surface area contributed by atoms with Gasteiger partial charge < -0.3 is 10.1 Å². The number of thiazole rings is 1. The van der Waals surface area contributed by atoms with Gasteiger partial charge in [-0.15, -0.1) is 11.3 Å². The van der Waals surface area contributed by atoms with Crippen LogP contribution in [0.25, 0.3) is 0 Å². The third kappa shape index (κ3) is 4.07. The van der Waals surface area contributed by atoms with Crippen molar-refractivity contribution >= 4 is 50.7 Å². The summed E-state index contributed by atoms with van der Waals surface area (Å²) in [6.45, 7) is 3.82. The summed E-state index contributed by atoms with van der Waals surface area (Å²) in [6, 6.07) is 3.65. The molecule has 0 aliphatic carbocycles. The van der Waals surface area contributed by atoms with Gasteiger partial charge in [-0.3, -0.25) is 4.99 Å². The Hall–Kier alpha value is -1.77. The van der Waals surface area contributed by atoms with Crippen molar-refractivity contribution in [2.24, 2.45) is 4.99 Å². The fraction of sp³-hybridized carbons (Fsp3) is 0.278. The van der Waals surface area contributed by atoms with E-state index in [0.717, 1.165) is 5.69 Å². The second-order valence-electron chi connectivity index (χ2n) is 5.69. The molecule has 1 N–H and O–H groups in total. The lowest BCUT2D eigenvalue weighted by molar-refractivity contribution is -0.138. The molecule has 0 bridgehead atoms. The van der Waals surface area contributed by atoms with E-state index in [9.17, 15) is 9.18 Å². The number of allylic oxidation sites excluding steroid dienone is 1. The molecule has 0 saturated carbocycles. The molecule has 0 unspecified atom stereocenters. The van der Waals surface area contributed by atoms with Crippen LogP contribution in [0.1, 0.15) is 29.2 Å². The number of aryl methyl sites for hydroxylation is 1. The van der Waals surface area contributed by atoms with Gasteiger partial charge in [0.05, 0.1) is 17.2 Å². The van der Waals surface area contributed by atoms with E-state index < -0.39 is 17.8 Å². The van der Waals surface area contributed by atoms with Crippen molar-refractivity contribution in [2.45, 2.75) is 19.9 Å². The molecule has 0 radical (unpaired) electrons. The minimum Gasteiger partial charge on any atom is -0.463 e. The Kier molecular flexibility index (Phi) is 6.29. The number of halogens is 3. The van der Waals surface area contributed by atoms with E-state index in [2.05, 4.69) is 31.2 Å². The van der Waals surface area contributed by atoms with Gasteiger partial charge in [0.25, 0.3) is 0 Å². The van der Waals surface area contributed by atoms with E-state index >= 15 is 0 Å². The van der Waals surface area contributed by atoms with Crippen LogP contribution in [0.4, 0.5) is 4.39 Å². The number of carbonyl (C=O) groups is 1. The summed E-state index contributed by atoms with van der Waals surface area (Å²) in [4.78, 5) is 21.7. The summed E-state index contributed by atoms with van der Waals surface area (Å²) in [5.74, 6) is -0.595. The Morgan fingerprint density at radius 3 is 2.89 bits per heavy atom. The summed E-state index contributed by atoms with van der Waals surface area (Å²) in [5.41, 5.74) is 2.13. The predicted octanol–water partition coefficient (Wildman–Crippen LogP) is 4.55. The lowest BCUT2D eigenvalue weighted by Crippen LogP contribution is -2.34. The maximum absolute atomic E-state index is 14.1. The largest absolute Gasteiger partial charge is 0.463 e. The first-order valence-corrected chi connectivity index (χ1v) is 10.5. The van der Waals surface area contributed by atoms with Crippen molar-refractivity contribution < 1.29 is 13.9 Å². The molecule has 2 aromatic rings. The smallest absolute Gasteiger partial charge is 0.338 e. The summed E-state index contributed by atoms with van der Waals surface area (Å²) in [6.07, 6.45) is 0. The normalized spacial score (nSPS) is 16.8. The highest BCUT2D eigenvalue weighted by Gasteiger charge is 2.34. The van der Waals surface area contributed by atoms with Gasteiger partial charge in [-0.25, -0.2) is 14.2 Å². The first kappa shape index (κ1) is 20.0. The summed E-state index contributed by atoms with van der Waals surface area (Å²) in [5, 5.41) is 6.01. The number of nitrogens with one attached hydrogen (secondary N) is 1. The topological polar surface area (TPSA) is 63.6 Å². The molecule has 1 atom stereocenters. The van der Waals surface area contributed by atoms with E-state index in [-0.39, 0.29) is 11.6 Å². The molecule has 27 heavy (non-hydrogen) atoms. The first-order chi connectivity index (χ1) is 13.0. The maximum atomic E-state index is 14.1. The van der Waals surface area contributed by atoms with E-state index in [0.29, 0.717) is 33.0 Å². The monoisotopic (exact) mass is 471 g/mol. The fourth-order valence-electron chi connectivity index (χ4n) is 2.68. The van der Waals surface area contributed by atoms with Gasteiger partial charge in [0.2, 0.25) is 0 Å². The van der Waals surface area contributed by atoms with Crippen LogP contribution in [0.3, 0.4) is 0 Å². The molecule has 5 nitrogen and oxygen atoms in total. The molecular formula is C18H16BrClFN3O2S. The summed E-state index contributed by atoms with van der Waals surface area (Å²) >= 11 is 11.0. The molecule has 142 valence electrons. The van der Waals surface area contributed by atoms with E-state index in [4.69, 9.17) is 16.3 Å². The number of amidine groups is 1. The fourth-order valence-corrected chi connectivity index (χ4v) is 4.10. The number of aliphatic imine (C=N–C) groups is 1. The molecule has 0 spiro atoms. The quantitative estimate of drug-likeness (QED) is 0.512. The molecule has 1 aromatic heterocycles. The van der Waals surface area contributed by atoms with Gasteiger partial charge >= 0.3 is 5.97 Å². The number of aromatic nitrogens is 1. The van der Waals surface area contributed by atoms with Gasteiger partial charge in [-0.2, -0.15) is 0 Å². The van der Waals surface area contributed by atoms with Crippen LogP contribution in [0.15, 0.2) is 39.8 Å². The maximum Gasteiger partial charge on any atom is 0.338 e. The van der Waals surface area contributed by atoms with Gasteiger partial charge in [-0.1, -0.05) is 39.7 Å². The summed E-state index contributed by atoms with van der Waals surface area (Å²) < 4.78 is 19.3. The van der Waals surface area contributed by atoms with Crippen LogP contribution in [-0.2, 0) is 9.53 Å². The Bertz CT molecular complexity index is 944. The highest BCUT2D eigenvalue weighted by Crippen LogP contribution is 2.37. The SMILES string of the molecule is CCOC(=O)C1=C(CBr)NC(c2nc(C)cs2)=N[C@H]1c1cccc(F)c1Cl. The first-order valence-electron chi connectivity index (χ1n) is 8.13. The number of hydrogen-bond acceptors (Lipinski definition) is 6. The highest BCUT2D eigenvalue weighted by molar-refractivity contribution is 9.09. The molecule has 1 aromatic carbocycles. The van der Waals surface area contributed by atoms with Crippen molar-refractivity contribution in [2.75, 3.05) is 11.9 Å². The van der Waals surface area contributed by atoms with E-state index in [1.807, 2.05) is 12.3 Å². The molecule has 0 fully saturated rings. The van der Waals surface area contributed by atoms with Crippen molar-refractivity contribution in [3.63, 3.8) is 0 Å². The van der Waals surface area contributed by atoms with Crippen LogP contribution >= 0.6 is 38.9 Å². The number of alkyl halides is 1. The van der Waals surface area contributed by atoms with E-state index in [1.165, 1.54) is 23.5 Å². The Balaban J connectivity index is 2.17. The molecule has 3 rings (SSSR count). The highest BCUT2D eigenvalue weighted by atomic mass is 79.9. The number of nitrogens with zero attached hydrogens (tertiary/aromatic N) is 2. The number of ether oxygens (including phenoxy) is 1. The van der Waals surface area contributed by atoms with Crippen LogP contribution in [-0.4, -0.2) is 28.7 Å². The minimum atomic E-state index is -0.805. The van der Waals surface area contributed by atoms with Gasteiger partial charge in [0, 0.05) is 27.7 Å². The van der Waals surface area contributed by atoms with Crippen LogP contribution in [0, 0.1) is 12.7 Å². The molecule has 2 heterocycles. The van der Waals surface area contributed by atoms with Crippen LogP contribution in [0.2, 0.25) is 5.02 Å². The molecular weight excluding hydrogens is 457 g/mol. The zero-order chi connectivity index (χ0) is 19.6. The molecule has 1 aliphatic rings. The summed E-state index contributed by atoms with van der Waals surface area (Å²) in [7, 11) is 0. The third-order valence-corrected chi connectivity index (χ3v) is 5.78. The minimum absolute atomic E-state index is 0.0708. The van der Waals surface area contributed by atoms with Crippen molar-refractivity contribution in [1.29, 1.82) is 0 Å². The lowest BCUT2D eigenvalue weighted by Gasteiger charge is -2.26. The number of benzene rings is 1. The van der Waals surface area contributed by atoms with Crippen molar-refractivity contribution in [1.82, 2.24) is 10.3 Å². The van der Waals surface area contributed by atoms with Crippen molar-refractivity contribution in [3.8, 4) is 0 Å². The van der Waals surface area contributed by atoms with E-state index in [1.54, 1.807) is 13.0 Å². The van der Waals surface area contributed by atoms with Gasteiger partial charge in [-0.05, 0) is 19.9 Å². The Labute approximate surface area is 173 Å². The zero-order valence-corrected chi connectivity index (χ0v) is 17.7. The number of rotatable bonds is 5.